The molecule has 0 aromatic rings. The van der Waals surface area contributed by atoms with E-state index in [0.717, 1.165) is 6.92 Å². The van der Waals surface area contributed by atoms with Gasteiger partial charge in [0.25, 0.3) is 0 Å². The summed E-state index contributed by atoms with van der Waals surface area (Å²) >= 11 is 1.25. The van der Waals surface area contributed by atoms with E-state index in [4.69, 9.17) is 28.4 Å². The first-order valence-corrected chi connectivity index (χ1v) is 12.5. The molecule has 1 aliphatic rings. The van der Waals surface area contributed by atoms with Crippen molar-refractivity contribution >= 4 is 41.7 Å². The Morgan fingerprint density at radius 3 is 1.86 bits per heavy atom. The van der Waals surface area contributed by atoms with E-state index in [-0.39, 0.29) is 6.61 Å². The van der Waals surface area contributed by atoms with Crippen LogP contribution in [0.15, 0.2) is 0 Å². The van der Waals surface area contributed by atoms with Crippen LogP contribution in [0.3, 0.4) is 0 Å². The van der Waals surface area contributed by atoms with Crippen molar-refractivity contribution in [3.8, 4) is 0 Å². The quantitative estimate of drug-likeness (QED) is 0.229. The number of rotatable bonds is 10. The number of esters is 4. The lowest BCUT2D eigenvalue weighted by Crippen LogP contribution is -2.61. The molecule has 206 valence electrons. The second-order valence-corrected chi connectivity index (χ2v) is 10.4. The third-order valence-corrected chi connectivity index (χ3v) is 5.81. The van der Waals surface area contributed by atoms with Gasteiger partial charge in [-0.1, -0.05) is 0 Å². The van der Waals surface area contributed by atoms with Crippen molar-refractivity contribution in [1.82, 2.24) is 4.90 Å². The molecule has 0 aliphatic carbocycles. The highest BCUT2D eigenvalue weighted by Crippen LogP contribution is 2.34. The van der Waals surface area contributed by atoms with E-state index < -0.39 is 65.4 Å². The third-order valence-electron chi connectivity index (χ3n) is 4.57. The van der Waals surface area contributed by atoms with E-state index in [1.165, 1.54) is 37.4 Å². The number of hydrogen-bond acceptors (Lipinski definition) is 12. The minimum Gasteiger partial charge on any atom is -0.463 e. The van der Waals surface area contributed by atoms with E-state index in [9.17, 15) is 24.0 Å². The zero-order valence-electron chi connectivity index (χ0n) is 22.1. The molecule has 1 aliphatic heterocycles. The highest BCUT2D eigenvalue weighted by molar-refractivity contribution is 7.99. The number of carbonyl (C=O) groups excluding carboxylic acids is 5. The Balaban J connectivity index is 3.03. The fourth-order valence-corrected chi connectivity index (χ4v) is 4.40. The average molecular weight is 536 g/mol. The van der Waals surface area contributed by atoms with Gasteiger partial charge in [0.05, 0.1) is 0 Å². The second-order valence-electron chi connectivity index (χ2n) is 9.19. The van der Waals surface area contributed by atoms with Crippen molar-refractivity contribution in [2.24, 2.45) is 0 Å². The summed E-state index contributed by atoms with van der Waals surface area (Å²) in [7, 11) is 1.62. The number of hydrogen-bond donors (Lipinski definition) is 0. The van der Waals surface area contributed by atoms with Gasteiger partial charge in [0.1, 0.15) is 23.7 Å². The number of nitrogens with zero attached hydrogens (tertiary/aromatic N) is 1. The molecule has 0 radical (unpaired) electrons. The van der Waals surface area contributed by atoms with E-state index in [2.05, 4.69) is 0 Å². The number of amides is 1. The SMILES string of the molecule is CC(=O)OC[C@H]1O[C@@H](SCCCN(C)C(=O)OC(C)(C)C)[C@H](OC(C)=O)[C@@H](OC(C)=O)[C@@H]1OC(C)=O. The summed E-state index contributed by atoms with van der Waals surface area (Å²) in [4.78, 5) is 60.5. The number of carbonyl (C=O) groups is 5. The first-order valence-electron chi connectivity index (χ1n) is 11.5. The Morgan fingerprint density at radius 2 is 1.36 bits per heavy atom. The van der Waals surface area contributed by atoms with E-state index >= 15 is 0 Å². The molecule has 12 nitrogen and oxygen atoms in total. The van der Waals surface area contributed by atoms with Crippen molar-refractivity contribution in [2.75, 3.05) is 26.0 Å². The van der Waals surface area contributed by atoms with E-state index in [1.54, 1.807) is 27.8 Å². The largest absolute Gasteiger partial charge is 0.463 e. The molecule has 0 aromatic heterocycles. The molecule has 0 N–H and O–H groups in total. The molecular formula is C23H37NO11S. The van der Waals surface area contributed by atoms with Gasteiger partial charge in [-0.05, 0) is 32.9 Å². The lowest BCUT2D eigenvalue weighted by molar-refractivity contribution is -0.237. The van der Waals surface area contributed by atoms with Crippen LogP contribution in [-0.4, -0.2) is 96.3 Å². The van der Waals surface area contributed by atoms with Crippen LogP contribution in [0.2, 0.25) is 0 Å². The normalized spacial score (nSPS) is 23.7. The maximum Gasteiger partial charge on any atom is 0.410 e. The molecule has 0 bridgehead atoms. The maximum atomic E-state index is 12.2. The van der Waals surface area contributed by atoms with Crippen molar-refractivity contribution in [1.29, 1.82) is 0 Å². The van der Waals surface area contributed by atoms with Gasteiger partial charge in [-0.15, -0.1) is 11.8 Å². The minimum atomic E-state index is -1.20. The van der Waals surface area contributed by atoms with Gasteiger partial charge in [-0.3, -0.25) is 19.2 Å². The molecular weight excluding hydrogens is 498 g/mol. The Bertz CT molecular complexity index is 797. The van der Waals surface area contributed by atoms with Crippen molar-refractivity contribution in [3.05, 3.63) is 0 Å². The lowest BCUT2D eigenvalue weighted by atomic mass is 9.99. The van der Waals surface area contributed by atoms with Crippen LogP contribution in [-0.2, 0) is 47.6 Å². The fourth-order valence-electron chi connectivity index (χ4n) is 3.26. The Labute approximate surface area is 215 Å². The van der Waals surface area contributed by atoms with Gasteiger partial charge in [0.15, 0.2) is 18.3 Å². The van der Waals surface area contributed by atoms with Crippen molar-refractivity contribution < 1.29 is 52.4 Å². The Kier molecular flexibility index (Phi) is 12.5. The zero-order chi connectivity index (χ0) is 27.6. The molecule has 1 rings (SSSR count). The summed E-state index contributed by atoms with van der Waals surface area (Å²) in [5.74, 6) is -2.16. The van der Waals surface area contributed by atoms with Crippen LogP contribution in [0.25, 0.3) is 0 Å². The van der Waals surface area contributed by atoms with Gasteiger partial charge < -0.3 is 33.3 Å². The summed E-state index contributed by atoms with van der Waals surface area (Å²) in [6.07, 6.45) is -4.42. The second kappa shape index (κ2) is 14.3. The summed E-state index contributed by atoms with van der Waals surface area (Å²) in [6.45, 7) is 10.2. The standard InChI is InChI=1S/C23H37NO11S/c1-13(25)30-12-17-18(31-14(2)26)19(32-15(3)27)20(33-16(4)28)21(34-17)36-11-9-10-24(8)22(29)35-23(5,6)7/h17-21H,9-12H2,1-8H3/t17-,18-,19+,20-,21+/m1/s1. The topological polar surface area (TPSA) is 144 Å². The molecule has 5 atom stereocenters. The molecule has 1 amide bonds. The van der Waals surface area contributed by atoms with Crippen LogP contribution in [0.5, 0.6) is 0 Å². The molecule has 36 heavy (non-hydrogen) atoms. The maximum absolute atomic E-state index is 12.2. The average Bonchev–Trinajstić information content (AvgIpc) is 2.71. The third kappa shape index (κ3) is 11.5. The highest BCUT2D eigenvalue weighted by Gasteiger charge is 2.52. The van der Waals surface area contributed by atoms with Crippen molar-refractivity contribution in [3.63, 3.8) is 0 Å². The predicted molar refractivity (Wildman–Crippen MR) is 128 cm³/mol. The molecule has 1 fully saturated rings. The minimum absolute atomic E-state index is 0.281. The van der Waals surface area contributed by atoms with Crippen LogP contribution in [0.1, 0.15) is 54.9 Å². The molecule has 0 spiro atoms. The lowest BCUT2D eigenvalue weighted by Gasteiger charge is -2.44. The van der Waals surface area contributed by atoms with Crippen LogP contribution in [0.4, 0.5) is 4.79 Å². The predicted octanol–water partition coefficient (Wildman–Crippen LogP) is 2.06. The molecule has 13 heteroatoms. The van der Waals surface area contributed by atoms with E-state index in [0.29, 0.717) is 18.7 Å². The van der Waals surface area contributed by atoms with Gasteiger partial charge in [0.2, 0.25) is 0 Å². The smallest absolute Gasteiger partial charge is 0.410 e. The van der Waals surface area contributed by atoms with Crippen molar-refractivity contribution in [2.45, 2.75) is 90.3 Å². The fraction of sp³-hybridized carbons (Fsp3) is 0.783. The van der Waals surface area contributed by atoms with Gasteiger partial charge in [-0.2, -0.15) is 0 Å². The molecule has 0 aromatic carbocycles. The summed E-state index contributed by atoms with van der Waals surface area (Å²) in [5.41, 5.74) is -1.47. The molecule has 1 saturated heterocycles. The van der Waals surface area contributed by atoms with Gasteiger partial charge >= 0.3 is 30.0 Å². The molecule has 0 unspecified atom stereocenters. The Hall–Kier alpha value is -2.54. The van der Waals surface area contributed by atoms with Crippen LogP contribution >= 0.6 is 11.8 Å². The van der Waals surface area contributed by atoms with Gasteiger partial charge in [0, 0.05) is 41.3 Å². The first kappa shape index (κ1) is 31.5. The molecule has 1 heterocycles. The first-order chi connectivity index (χ1) is 16.6. The monoisotopic (exact) mass is 535 g/mol. The zero-order valence-corrected chi connectivity index (χ0v) is 22.9. The van der Waals surface area contributed by atoms with E-state index in [1.807, 2.05) is 0 Å². The van der Waals surface area contributed by atoms with Crippen LogP contribution in [0, 0.1) is 0 Å². The highest BCUT2D eigenvalue weighted by atomic mass is 32.2. The Morgan fingerprint density at radius 1 is 0.833 bits per heavy atom. The summed E-state index contributed by atoms with van der Waals surface area (Å²) in [6, 6.07) is 0. The number of thioether (sulfide) groups is 1. The van der Waals surface area contributed by atoms with Gasteiger partial charge in [-0.25, -0.2) is 4.79 Å². The number of ether oxygens (including phenoxy) is 6. The summed E-state index contributed by atoms with van der Waals surface area (Å²) in [5, 5.41) is 0. The molecule has 0 saturated carbocycles. The summed E-state index contributed by atoms with van der Waals surface area (Å²) < 4.78 is 32.6. The van der Waals surface area contributed by atoms with Crippen LogP contribution < -0.4 is 0 Å².